The normalized spacial score (nSPS) is 11.7. The van der Waals surface area contributed by atoms with Gasteiger partial charge in [-0.1, -0.05) is 0 Å². The summed E-state index contributed by atoms with van der Waals surface area (Å²) < 4.78 is 31.5. The smallest absolute Gasteiger partial charge is 0.297 e. The fourth-order valence-electron chi connectivity index (χ4n) is 1.34. The number of hydrogen-bond acceptors (Lipinski definition) is 6. The van der Waals surface area contributed by atoms with Crippen molar-refractivity contribution in [2.24, 2.45) is 0 Å². The molecule has 0 aromatic carbocycles. The fraction of sp³-hybridized carbons (Fsp3) is 0.300. The van der Waals surface area contributed by atoms with Gasteiger partial charge in [-0.25, -0.2) is 4.98 Å². The zero-order chi connectivity index (χ0) is 13.2. The Kier molecular flexibility index (Phi) is 3.69. The second-order valence-corrected chi connectivity index (χ2v) is 6.12. The molecule has 18 heavy (non-hydrogen) atoms. The lowest BCUT2D eigenvalue weighted by molar-refractivity contribution is 0.408. The molecular weight excluding hydrogens is 274 g/mol. The Bertz CT molecular complexity index is 630. The Morgan fingerprint density at radius 3 is 2.83 bits per heavy atom. The summed E-state index contributed by atoms with van der Waals surface area (Å²) in [5.41, 5.74) is 0.771. The monoisotopic (exact) mass is 287 g/mol. The zero-order valence-corrected chi connectivity index (χ0v) is 11.6. The van der Waals surface area contributed by atoms with E-state index in [1.54, 1.807) is 25.4 Å². The van der Waals surface area contributed by atoms with E-state index in [1.807, 2.05) is 0 Å². The van der Waals surface area contributed by atoms with Gasteiger partial charge in [0.25, 0.3) is 10.0 Å². The average molecular weight is 287 g/mol. The zero-order valence-electron chi connectivity index (χ0n) is 9.93. The van der Waals surface area contributed by atoms with Gasteiger partial charge in [0, 0.05) is 5.38 Å². The molecule has 2 heterocycles. The summed E-state index contributed by atoms with van der Waals surface area (Å²) in [6.07, 6.45) is 0. The van der Waals surface area contributed by atoms with Crippen molar-refractivity contribution in [1.82, 2.24) is 10.3 Å². The number of anilines is 1. The van der Waals surface area contributed by atoms with Gasteiger partial charge in [0.2, 0.25) is 5.09 Å². The maximum atomic E-state index is 12.0. The van der Waals surface area contributed by atoms with E-state index >= 15 is 0 Å². The van der Waals surface area contributed by atoms with Crippen LogP contribution in [0.15, 0.2) is 27.0 Å². The topological polar surface area (TPSA) is 84.2 Å². The number of furan rings is 1. The third-order valence-electron chi connectivity index (χ3n) is 2.09. The standard InChI is InChI=1S/C10H13N3O3S2/c1-7-6-17-10(12-7)13-18(14,15)9-4-3-8(16-9)5-11-2/h3-4,6,11H,5H2,1-2H3,(H,12,13). The number of hydrogen-bond donors (Lipinski definition) is 2. The Labute approximate surface area is 109 Å². The fourth-order valence-corrected chi connectivity index (χ4v) is 3.23. The maximum absolute atomic E-state index is 12.0. The van der Waals surface area contributed by atoms with Crippen LogP contribution in [0.5, 0.6) is 0 Å². The van der Waals surface area contributed by atoms with Gasteiger partial charge in [0.05, 0.1) is 12.2 Å². The lowest BCUT2D eigenvalue weighted by Crippen LogP contribution is -2.12. The summed E-state index contributed by atoms with van der Waals surface area (Å²) in [7, 11) is -1.94. The first-order valence-corrected chi connectivity index (χ1v) is 7.56. The van der Waals surface area contributed by atoms with E-state index in [1.165, 1.54) is 17.4 Å². The Morgan fingerprint density at radius 2 is 2.22 bits per heavy atom. The number of thiazole rings is 1. The first-order valence-electron chi connectivity index (χ1n) is 5.19. The van der Waals surface area contributed by atoms with Crippen LogP contribution in [0.3, 0.4) is 0 Å². The summed E-state index contributed by atoms with van der Waals surface area (Å²) >= 11 is 1.23. The van der Waals surface area contributed by atoms with Gasteiger partial charge in [-0.15, -0.1) is 11.3 Å². The summed E-state index contributed by atoms with van der Waals surface area (Å²) in [6.45, 7) is 2.28. The highest BCUT2D eigenvalue weighted by Crippen LogP contribution is 2.21. The predicted molar refractivity (Wildman–Crippen MR) is 69.1 cm³/mol. The van der Waals surface area contributed by atoms with Crippen LogP contribution in [0.2, 0.25) is 0 Å². The molecule has 2 N–H and O–H groups in total. The van der Waals surface area contributed by atoms with E-state index in [-0.39, 0.29) is 5.09 Å². The molecule has 0 amide bonds. The molecule has 2 rings (SSSR count). The van der Waals surface area contributed by atoms with Crippen LogP contribution < -0.4 is 10.0 Å². The molecule has 2 aromatic heterocycles. The molecular formula is C10H13N3O3S2. The highest BCUT2D eigenvalue weighted by molar-refractivity contribution is 7.92. The molecule has 2 aromatic rings. The molecule has 0 aliphatic rings. The second-order valence-electron chi connectivity index (χ2n) is 3.65. The van der Waals surface area contributed by atoms with E-state index in [0.717, 1.165) is 5.69 Å². The van der Waals surface area contributed by atoms with Crippen LogP contribution in [-0.4, -0.2) is 20.4 Å². The van der Waals surface area contributed by atoms with Crippen molar-refractivity contribution >= 4 is 26.5 Å². The highest BCUT2D eigenvalue weighted by atomic mass is 32.2. The molecule has 0 spiro atoms. The number of nitrogens with zero attached hydrogens (tertiary/aromatic N) is 1. The summed E-state index contributed by atoms with van der Waals surface area (Å²) in [4.78, 5) is 4.04. The van der Waals surface area contributed by atoms with Crippen molar-refractivity contribution in [2.45, 2.75) is 18.6 Å². The quantitative estimate of drug-likeness (QED) is 0.872. The van der Waals surface area contributed by atoms with Crippen molar-refractivity contribution in [3.8, 4) is 0 Å². The largest absolute Gasteiger partial charge is 0.446 e. The van der Waals surface area contributed by atoms with Gasteiger partial charge in [-0.05, 0) is 26.1 Å². The van der Waals surface area contributed by atoms with E-state index in [4.69, 9.17) is 4.42 Å². The van der Waals surface area contributed by atoms with Crippen molar-refractivity contribution in [3.05, 3.63) is 29.0 Å². The first-order chi connectivity index (χ1) is 8.51. The molecule has 8 heteroatoms. The first kappa shape index (κ1) is 13.1. The van der Waals surface area contributed by atoms with Crippen LogP contribution >= 0.6 is 11.3 Å². The third kappa shape index (κ3) is 2.89. The van der Waals surface area contributed by atoms with Gasteiger partial charge in [0.1, 0.15) is 5.76 Å². The van der Waals surface area contributed by atoms with E-state index < -0.39 is 10.0 Å². The lowest BCUT2D eigenvalue weighted by Gasteiger charge is -2.01. The van der Waals surface area contributed by atoms with E-state index in [2.05, 4.69) is 15.0 Å². The minimum Gasteiger partial charge on any atom is -0.446 e. The third-order valence-corrected chi connectivity index (χ3v) is 4.31. The van der Waals surface area contributed by atoms with Crippen molar-refractivity contribution in [1.29, 1.82) is 0 Å². The molecule has 0 aliphatic heterocycles. The second kappa shape index (κ2) is 5.09. The van der Waals surface area contributed by atoms with Crippen molar-refractivity contribution in [3.63, 3.8) is 0 Å². The Balaban J connectivity index is 2.19. The van der Waals surface area contributed by atoms with Crippen LogP contribution in [0.4, 0.5) is 5.13 Å². The number of aryl methyl sites for hydroxylation is 1. The predicted octanol–water partition coefficient (Wildman–Crippen LogP) is 1.56. The molecule has 6 nitrogen and oxygen atoms in total. The lowest BCUT2D eigenvalue weighted by atomic mass is 10.4. The number of nitrogens with one attached hydrogen (secondary N) is 2. The molecule has 0 bridgehead atoms. The molecule has 0 fully saturated rings. The maximum Gasteiger partial charge on any atom is 0.297 e. The minimum absolute atomic E-state index is 0.111. The SMILES string of the molecule is CNCc1ccc(S(=O)(=O)Nc2nc(C)cs2)o1. The van der Waals surface area contributed by atoms with Crippen LogP contribution in [-0.2, 0) is 16.6 Å². The molecule has 0 aliphatic carbocycles. The van der Waals surface area contributed by atoms with Crippen LogP contribution in [0.1, 0.15) is 11.5 Å². The Morgan fingerprint density at radius 1 is 1.44 bits per heavy atom. The van der Waals surface area contributed by atoms with E-state index in [9.17, 15) is 8.42 Å². The van der Waals surface area contributed by atoms with E-state index in [0.29, 0.717) is 17.4 Å². The molecule has 0 radical (unpaired) electrons. The summed E-state index contributed by atoms with van der Waals surface area (Å²) in [5, 5.41) is 4.87. The Hall–Kier alpha value is -1.38. The number of sulfonamides is 1. The molecule has 0 saturated heterocycles. The van der Waals surface area contributed by atoms with Gasteiger partial charge >= 0.3 is 0 Å². The number of aromatic nitrogens is 1. The molecule has 0 unspecified atom stereocenters. The van der Waals surface area contributed by atoms with Gasteiger partial charge in [0.15, 0.2) is 5.13 Å². The van der Waals surface area contributed by atoms with Crippen LogP contribution in [0, 0.1) is 6.92 Å². The molecule has 0 saturated carbocycles. The highest BCUT2D eigenvalue weighted by Gasteiger charge is 2.20. The van der Waals surface area contributed by atoms with Gasteiger partial charge < -0.3 is 9.73 Å². The van der Waals surface area contributed by atoms with Crippen molar-refractivity contribution < 1.29 is 12.8 Å². The van der Waals surface area contributed by atoms with Crippen LogP contribution in [0.25, 0.3) is 0 Å². The summed E-state index contributed by atoms with van der Waals surface area (Å²) in [5.74, 6) is 0.563. The number of rotatable bonds is 5. The molecule has 98 valence electrons. The molecule has 0 atom stereocenters. The van der Waals surface area contributed by atoms with Gasteiger partial charge in [-0.2, -0.15) is 8.42 Å². The van der Waals surface area contributed by atoms with Gasteiger partial charge in [-0.3, -0.25) is 4.72 Å². The summed E-state index contributed by atoms with van der Waals surface area (Å²) in [6, 6.07) is 3.05. The average Bonchev–Trinajstić information content (AvgIpc) is 2.88. The van der Waals surface area contributed by atoms with Crippen molar-refractivity contribution in [2.75, 3.05) is 11.8 Å². The minimum atomic E-state index is -3.69.